The summed E-state index contributed by atoms with van der Waals surface area (Å²) >= 11 is 0. The van der Waals surface area contributed by atoms with Gasteiger partial charge in [0, 0.05) is 0 Å². The lowest BCUT2D eigenvalue weighted by Crippen LogP contribution is -2.11. The van der Waals surface area contributed by atoms with E-state index in [1.807, 2.05) is 32.9 Å². The topological polar surface area (TPSA) is 35.5 Å². The smallest absolute Gasteiger partial charge is 0.341 e. The molecule has 0 saturated carbocycles. The number of esters is 1. The third-order valence-electron chi connectivity index (χ3n) is 1.91. The third-order valence-corrected chi connectivity index (χ3v) is 1.91. The molecule has 0 heterocycles. The van der Waals surface area contributed by atoms with E-state index in [0.29, 0.717) is 11.3 Å². The Morgan fingerprint density at radius 1 is 1.33 bits per heavy atom. The van der Waals surface area contributed by atoms with E-state index in [4.69, 9.17) is 4.74 Å². The molecule has 1 aromatic rings. The summed E-state index contributed by atoms with van der Waals surface area (Å²) in [6, 6.07) is 5.42. The van der Waals surface area contributed by atoms with E-state index in [1.54, 1.807) is 6.07 Å². The molecule has 15 heavy (non-hydrogen) atoms. The van der Waals surface area contributed by atoms with Gasteiger partial charge in [0.2, 0.25) is 0 Å². The van der Waals surface area contributed by atoms with Crippen molar-refractivity contribution in [1.82, 2.24) is 0 Å². The number of benzene rings is 1. The van der Waals surface area contributed by atoms with Gasteiger partial charge in [0.1, 0.15) is 11.3 Å². The molecule has 0 N–H and O–H groups in total. The molecule has 0 aromatic heterocycles. The van der Waals surface area contributed by atoms with E-state index in [-0.39, 0.29) is 12.1 Å². The van der Waals surface area contributed by atoms with Gasteiger partial charge in [0.15, 0.2) is 0 Å². The van der Waals surface area contributed by atoms with E-state index >= 15 is 0 Å². The van der Waals surface area contributed by atoms with Gasteiger partial charge >= 0.3 is 5.97 Å². The van der Waals surface area contributed by atoms with Gasteiger partial charge in [-0.25, -0.2) is 4.79 Å². The van der Waals surface area contributed by atoms with Crippen LogP contribution in [0, 0.1) is 6.92 Å². The van der Waals surface area contributed by atoms with E-state index in [1.165, 1.54) is 7.11 Å². The van der Waals surface area contributed by atoms with E-state index in [2.05, 4.69) is 4.74 Å². The van der Waals surface area contributed by atoms with Crippen molar-refractivity contribution in [3.63, 3.8) is 0 Å². The van der Waals surface area contributed by atoms with Crippen molar-refractivity contribution < 1.29 is 14.3 Å². The molecule has 82 valence electrons. The molecule has 0 fully saturated rings. The Balaban J connectivity index is 3.08. The Labute approximate surface area is 90.0 Å². The zero-order valence-electron chi connectivity index (χ0n) is 9.53. The molecule has 0 aliphatic rings. The van der Waals surface area contributed by atoms with Gasteiger partial charge < -0.3 is 9.47 Å². The molecule has 0 atom stereocenters. The average Bonchev–Trinajstić information content (AvgIpc) is 2.16. The van der Waals surface area contributed by atoms with Crippen LogP contribution in [0.25, 0.3) is 0 Å². The van der Waals surface area contributed by atoms with Crippen LogP contribution in [0.15, 0.2) is 18.2 Å². The molecule has 0 radical (unpaired) electrons. The first-order chi connectivity index (χ1) is 7.04. The van der Waals surface area contributed by atoms with Gasteiger partial charge in [-0.15, -0.1) is 0 Å². The first-order valence-electron chi connectivity index (χ1n) is 4.90. The monoisotopic (exact) mass is 208 g/mol. The highest BCUT2D eigenvalue weighted by Gasteiger charge is 2.13. The normalized spacial score (nSPS) is 10.2. The van der Waals surface area contributed by atoms with Crippen molar-refractivity contribution in [2.45, 2.75) is 26.9 Å². The van der Waals surface area contributed by atoms with Crippen LogP contribution < -0.4 is 4.74 Å². The summed E-state index contributed by atoms with van der Waals surface area (Å²) in [6.45, 7) is 5.79. The fourth-order valence-corrected chi connectivity index (χ4v) is 1.26. The number of ether oxygens (including phenoxy) is 2. The number of hydrogen-bond donors (Lipinski definition) is 0. The van der Waals surface area contributed by atoms with Crippen molar-refractivity contribution in [3.05, 3.63) is 29.3 Å². The first-order valence-corrected chi connectivity index (χ1v) is 4.90. The summed E-state index contributed by atoms with van der Waals surface area (Å²) in [5, 5.41) is 0. The quantitative estimate of drug-likeness (QED) is 0.716. The van der Waals surface area contributed by atoms with Gasteiger partial charge in [0.05, 0.1) is 13.2 Å². The fraction of sp³-hybridized carbons (Fsp3) is 0.417. The van der Waals surface area contributed by atoms with E-state index < -0.39 is 0 Å². The molecule has 1 rings (SSSR count). The molecule has 3 nitrogen and oxygen atoms in total. The standard InChI is InChI=1S/C12H16O3/c1-8(2)15-11-7-9(3)5-6-10(11)12(13)14-4/h5-8H,1-4H3. The Bertz CT molecular complexity index is 356. The highest BCUT2D eigenvalue weighted by Crippen LogP contribution is 2.22. The van der Waals surface area contributed by atoms with Crippen LogP contribution in [-0.2, 0) is 4.74 Å². The molecular weight excluding hydrogens is 192 g/mol. The van der Waals surface area contributed by atoms with E-state index in [0.717, 1.165) is 5.56 Å². The SMILES string of the molecule is COC(=O)c1ccc(C)cc1OC(C)C. The molecule has 0 aliphatic carbocycles. The number of hydrogen-bond acceptors (Lipinski definition) is 3. The van der Waals surface area contributed by atoms with Crippen molar-refractivity contribution >= 4 is 5.97 Å². The van der Waals surface area contributed by atoms with Gasteiger partial charge in [-0.3, -0.25) is 0 Å². The number of carbonyl (C=O) groups is 1. The molecule has 0 unspecified atom stereocenters. The minimum absolute atomic E-state index is 0.0372. The van der Waals surface area contributed by atoms with Gasteiger partial charge in [0.25, 0.3) is 0 Å². The second kappa shape index (κ2) is 4.82. The Morgan fingerprint density at radius 3 is 2.53 bits per heavy atom. The minimum atomic E-state index is -0.370. The molecule has 0 aliphatic heterocycles. The zero-order valence-corrected chi connectivity index (χ0v) is 9.53. The molecule has 0 amide bonds. The van der Waals surface area contributed by atoms with Crippen LogP contribution in [0.4, 0.5) is 0 Å². The Morgan fingerprint density at radius 2 is 2.00 bits per heavy atom. The number of carbonyl (C=O) groups excluding carboxylic acids is 1. The van der Waals surface area contributed by atoms with Crippen molar-refractivity contribution in [1.29, 1.82) is 0 Å². The predicted octanol–water partition coefficient (Wildman–Crippen LogP) is 2.57. The van der Waals surface area contributed by atoms with Crippen LogP contribution in [-0.4, -0.2) is 19.2 Å². The van der Waals surface area contributed by atoms with Crippen LogP contribution in [0.3, 0.4) is 0 Å². The molecule has 1 aromatic carbocycles. The Hall–Kier alpha value is -1.51. The Kier molecular flexibility index (Phi) is 3.72. The maximum atomic E-state index is 11.4. The zero-order chi connectivity index (χ0) is 11.4. The summed E-state index contributed by atoms with van der Waals surface area (Å²) in [7, 11) is 1.36. The molecule has 0 spiro atoms. The van der Waals surface area contributed by atoms with Crippen LogP contribution in [0.1, 0.15) is 29.8 Å². The lowest BCUT2D eigenvalue weighted by Gasteiger charge is -2.13. The lowest BCUT2D eigenvalue weighted by atomic mass is 10.1. The molecule has 0 bridgehead atoms. The summed E-state index contributed by atoms with van der Waals surface area (Å²) in [5.41, 5.74) is 1.52. The largest absolute Gasteiger partial charge is 0.490 e. The van der Waals surface area contributed by atoms with E-state index in [9.17, 15) is 4.79 Å². The maximum absolute atomic E-state index is 11.4. The summed E-state index contributed by atoms with van der Waals surface area (Å²) in [6.07, 6.45) is 0.0372. The predicted molar refractivity (Wildman–Crippen MR) is 58.3 cm³/mol. The summed E-state index contributed by atoms with van der Waals surface area (Å²) in [5.74, 6) is 0.211. The maximum Gasteiger partial charge on any atom is 0.341 e. The van der Waals surface area contributed by atoms with Crippen LogP contribution in [0.2, 0.25) is 0 Å². The third kappa shape index (κ3) is 2.98. The van der Waals surface area contributed by atoms with Crippen LogP contribution in [0.5, 0.6) is 5.75 Å². The fourth-order valence-electron chi connectivity index (χ4n) is 1.26. The van der Waals surface area contributed by atoms with Crippen molar-refractivity contribution in [2.75, 3.05) is 7.11 Å². The minimum Gasteiger partial charge on any atom is -0.490 e. The van der Waals surface area contributed by atoms with Gasteiger partial charge in [-0.05, 0) is 38.5 Å². The number of methoxy groups -OCH3 is 1. The lowest BCUT2D eigenvalue weighted by molar-refractivity contribution is 0.0594. The van der Waals surface area contributed by atoms with Gasteiger partial charge in [-0.1, -0.05) is 6.07 Å². The van der Waals surface area contributed by atoms with Crippen LogP contribution >= 0.6 is 0 Å². The highest BCUT2D eigenvalue weighted by molar-refractivity contribution is 5.92. The van der Waals surface area contributed by atoms with Crippen molar-refractivity contribution in [2.24, 2.45) is 0 Å². The van der Waals surface area contributed by atoms with Gasteiger partial charge in [-0.2, -0.15) is 0 Å². The number of aryl methyl sites for hydroxylation is 1. The second-order valence-corrected chi connectivity index (χ2v) is 3.66. The second-order valence-electron chi connectivity index (χ2n) is 3.66. The summed E-state index contributed by atoms with van der Waals surface area (Å²) < 4.78 is 10.2. The number of rotatable bonds is 3. The van der Waals surface area contributed by atoms with Crippen molar-refractivity contribution in [3.8, 4) is 5.75 Å². The highest BCUT2D eigenvalue weighted by atomic mass is 16.5. The average molecular weight is 208 g/mol. The summed E-state index contributed by atoms with van der Waals surface area (Å²) in [4.78, 5) is 11.4. The first kappa shape index (κ1) is 11.6. The molecule has 0 saturated heterocycles. The molecule has 3 heteroatoms. The molecular formula is C12H16O3.